The summed E-state index contributed by atoms with van der Waals surface area (Å²) in [6.07, 6.45) is 3.01. The second-order valence-electron chi connectivity index (χ2n) is 4.95. The number of hydrogen-bond donors (Lipinski definition) is 1. The number of amides is 1. The first-order chi connectivity index (χ1) is 12.1. The van der Waals surface area contributed by atoms with Crippen molar-refractivity contribution in [2.45, 2.75) is 0 Å². The first kappa shape index (κ1) is 16.1. The summed E-state index contributed by atoms with van der Waals surface area (Å²) in [5.41, 5.74) is 1.36. The maximum absolute atomic E-state index is 11.9. The fourth-order valence-corrected chi connectivity index (χ4v) is 2.00. The van der Waals surface area contributed by atoms with Crippen LogP contribution in [0.3, 0.4) is 0 Å². The maximum Gasteiger partial charge on any atom is 0.322 e. The van der Waals surface area contributed by atoms with Crippen LogP contribution in [0.4, 0.5) is 11.7 Å². The zero-order valence-electron chi connectivity index (χ0n) is 12.8. The molecule has 1 N–H and O–H groups in total. The summed E-state index contributed by atoms with van der Waals surface area (Å²) in [6.45, 7) is 0. The Kier molecular flexibility index (Phi) is 4.61. The topological polar surface area (TPSA) is 111 Å². The van der Waals surface area contributed by atoms with Crippen molar-refractivity contribution in [3.05, 3.63) is 76.4 Å². The third-order valence-electron chi connectivity index (χ3n) is 3.21. The van der Waals surface area contributed by atoms with Crippen molar-refractivity contribution in [3.8, 4) is 11.5 Å². The van der Waals surface area contributed by atoms with Crippen LogP contribution in [0.1, 0.15) is 5.56 Å². The van der Waals surface area contributed by atoms with Crippen molar-refractivity contribution in [1.82, 2.24) is 10.2 Å². The Morgan fingerprint density at radius 3 is 2.48 bits per heavy atom. The number of hydrogen-bond acceptors (Lipinski definition) is 6. The fraction of sp³-hybridized carbons (Fsp3) is 0. The molecule has 0 saturated heterocycles. The first-order valence-corrected chi connectivity index (χ1v) is 7.24. The number of aromatic nitrogens is 2. The molecule has 1 amide bonds. The predicted octanol–water partition coefficient (Wildman–Crippen LogP) is 3.30. The predicted molar refractivity (Wildman–Crippen MR) is 90.5 cm³/mol. The van der Waals surface area contributed by atoms with Crippen molar-refractivity contribution in [2.24, 2.45) is 0 Å². The van der Waals surface area contributed by atoms with Crippen LogP contribution < -0.4 is 5.32 Å². The lowest BCUT2D eigenvalue weighted by molar-refractivity contribution is -0.384. The highest BCUT2D eigenvalue weighted by Crippen LogP contribution is 2.22. The summed E-state index contributed by atoms with van der Waals surface area (Å²) in [5.74, 6) is -0.264. The van der Waals surface area contributed by atoms with Crippen LogP contribution >= 0.6 is 0 Å². The summed E-state index contributed by atoms with van der Waals surface area (Å²) < 4.78 is 5.33. The summed E-state index contributed by atoms with van der Waals surface area (Å²) in [6, 6.07) is 14.9. The Hall–Kier alpha value is -3.81. The Balaban J connectivity index is 1.66. The van der Waals surface area contributed by atoms with Gasteiger partial charge in [-0.3, -0.25) is 20.2 Å². The number of non-ortho nitro benzene ring substituents is 1. The third kappa shape index (κ3) is 4.14. The molecule has 0 aliphatic carbocycles. The summed E-state index contributed by atoms with van der Waals surface area (Å²) in [4.78, 5) is 22.0. The van der Waals surface area contributed by atoms with E-state index in [1.165, 1.54) is 30.3 Å². The van der Waals surface area contributed by atoms with Gasteiger partial charge in [-0.05, 0) is 23.8 Å². The highest BCUT2D eigenvalue weighted by molar-refractivity contribution is 6.00. The van der Waals surface area contributed by atoms with Gasteiger partial charge in [0.1, 0.15) is 0 Å². The highest BCUT2D eigenvalue weighted by atomic mass is 16.6. The molecule has 0 radical (unpaired) electrons. The molecule has 25 heavy (non-hydrogen) atoms. The van der Waals surface area contributed by atoms with E-state index in [0.29, 0.717) is 5.56 Å². The zero-order valence-corrected chi connectivity index (χ0v) is 12.8. The number of nitrogens with zero attached hydrogens (tertiary/aromatic N) is 3. The average molecular weight is 336 g/mol. The molecule has 0 spiro atoms. The van der Waals surface area contributed by atoms with Gasteiger partial charge in [0, 0.05) is 23.8 Å². The van der Waals surface area contributed by atoms with Crippen LogP contribution in [-0.2, 0) is 4.79 Å². The van der Waals surface area contributed by atoms with E-state index >= 15 is 0 Å². The van der Waals surface area contributed by atoms with Crippen molar-refractivity contribution in [1.29, 1.82) is 0 Å². The van der Waals surface area contributed by atoms with E-state index in [1.807, 2.05) is 30.3 Å². The number of carbonyl (C=O) groups excluding carboxylic acids is 1. The van der Waals surface area contributed by atoms with Crippen LogP contribution in [0, 0.1) is 10.1 Å². The summed E-state index contributed by atoms with van der Waals surface area (Å²) in [7, 11) is 0. The van der Waals surface area contributed by atoms with E-state index in [1.54, 1.807) is 6.08 Å². The third-order valence-corrected chi connectivity index (χ3v) is 3.21. The Morgan fingerprint density at radius 2 is 1.80 bits per heavy atom. The molecule has 124 valence electrons. The molecule has 0 unspecified atom stereocenters. The number of carbonyl (C=O) groups is 1. The van der Waals surface area contributed by atoms with Gasteiger partial charge in [0.2, 0.25) is 5.89 Å². The number of benzene rings is 2. The number of nitro benzene ring substituents is 1. The summed E-state index contributed by atoms with van der Waals surface area (Å²) in [5, 5.41) is 20.6. The largest absolute Gasteiger partial charge is 0.403 e. The van der Waals surface area contributed by atoms with E-state index in [9.17, 15) is 14.9 Å². The van der Waals surface area contributed by atoms with Crippen LogP contribution in [0.25, 0.3) is 17.5 Å². The molecule has 1 aromatic heterocycles. The first-order valence-electron chi connectivity index (χ1n) is 7.24. The molecule has 0 aliphatic heterocycles. The highest BCUT2D eigenvalue weighted by Gasteiger charge is 2.12. The Labute approximate surface area is 142 Å². The molecule has 0 aliphatic rings. The van der Waals surface area contributed by atoms with Gasteiger partial charge in [0.05, 0.1) is 4.92 Å². The second-order valence-corrected chi connectivity index (χ2v) is 4.95. The molecule has 0 bridgehead atoms. The minimum Gasteiger partial charge on any atom is -0.403 e. The Morgan fingerprint density at radius 1 is 1.08 bits per heavy atom. The maximum atomic E-state index is 11.9. The van der Waals surface area contributed by atoms with Crippen molar-refractivity contribution in [2.75, 3.05) is 5.32 Å². The van der Waals surface area contributed by atoms with Crippen LogP contribution in [0.5, 0.6) is 0 Å². The molecule has 8 nitrogen and oxygen atoms in total. The number of anilines is 1. The molecule has 2 aromatic carbocycles. The van der Waals surface area contributed by atoms with E-state index in [-0.39, 0.29) is 17.6 Å². The van der Waals surface area contributed by atoms with E-state index in [4.69, 9.17) is 4.42 Å². The van der Waals surface area contributed by atoms with E-state index in [2.05, 4.69) is 15.5 Å². The van der Waals surface area contributed by atoms with Gasteiger partial charge >= 0.3 is 6.01 Å². The quantitative estimate of drug-likeness (QED) is 0.435. The zero-order chi connectivity index (χ0) is 17.6. The lowest BCUT2D eigenvalue weighted by atomic mass is 10.2. The smallest absolute Gasteiger partial charge is 0.322 e. The Bertz CT molecular complexity index is 917. The van der Waals surface area contributed by atoms with Gasteiger partial charge < -0.3 is 4.42 Å². The van der Waals surface area contributed by atoms with Crippen LogP contribution in [0.2, 0.25) is 0 Å². The molecule has 8 heteroatoms. The number of nitro groups is 1. The van der Waals surface area contributed by atoms with Gasteiger partial charge in [-0.25, -0.2) is 0 Å². The van der Waals surface area contributed by atoms with Crippen LogP contribution in [0.15, 0.2) is 65.1 Å². The van der Waals surface area contributed by atoms with E-state index in [0.717, 1.165) is 5.56 Å². The molecule has 0 saturated carbocycles. The fourth-order valence-electron chi connectivity index (χ4n) is 2.00. The monoisotopic (exact) mass is 336 g/mol. The molecule has 3 rings (SSSR count). The van der Waals surface area contributed by atoms with Crippen LogP contribution in [-0.4, -0.2) is 21.0 Å². The van der Waals surface area contributed by atoms with Gasteiger partial charge in [0.15, 0.2) is 0 Å². The van der Waals surface area contributed by atoms with Gasteiger partial charge in [-0.15, -0.1) is 5.10 Å². The molecular weight excluding hydrogens is 324 g/mol. The summed E-state index contributed by atoms with van der Waals surface area (Å²) >= 11 is 0. The number of nitrogens with one attached hydrogen (secondary N) is 1. The number of rotatable bonds is 5. The van der Waals surface area contributed by atoms with Crippen molar-refractivity contribution >= 4 is 23.7 Å². The second kappa shape index (κ2) is 7.18. The minimum atomic E-state index is -0.498. The molecule has 0 atom stereocenters. The standard InChI is InChI=1S/C17H12N4O4/c22-15(11-6-12-4-2-1-3-5-12)18-17-20-19-16(25-17)13-7-9-14(10-8-13)21(23)24/h1-11H,(H,18,20,22)/b11-6+. The molecule has 0 fully saturated rings. The van der Waals surface area contributed by atoms with Gasteiger partial charge in [-0.1, -0.05) is 35.4 Å². The van der Waals surface area contributed by atoms with Crippen molar-refractivity contribution < 1.29 is 14.1 Å². The van der Waals surface area contributed by atoms with Crippen molar-refractivity contribution in [3.63, 3.8) is 0 Å². The molecule has 3 aromatic rings. The minimum absolute atomic E-state index is 0.0390. The normalized spacial score (nSPS) is 10.7. The molecular formula is C17H12N4O4. The molecule has 1 heterocycles. The average Bonchev–Trinajstić information content (AvgIpc) is 3.09. The van der Waals surface area contributed by atoms with E-state index < -0.39 is 10.8 Å². The van der Waals surface area contributed by atoms with Gasteiger partial charge in [-0.2, -0.15) is 0 Å². The SMILES string of the molecule is O=C(/C=C/c1ccccc1)Nc1nnc(-c2ccc([N+](=O)[O-])cc2)o1. The lowest BCUT2D eigenvalue weighted by Gasteiger charge is -1.96. The van der Waals surface area contributed by atoms with Gasteiger partial charge in [0.25, 0.3) is 11.6 Å². The lowest BCUT2D eigenvalue weighted by Crippen LogP contribution is -2.07.